The van der Waals surface area contributed by atoms with Crippen LogP contribution in [0.15, 0.2) is 24.3 Å². The number of rotatable bonds is 8. The molecule has 0 spiro atoms. The highest BCUT2D eigenvalue weighted by Gasteiger charge is 2.19. The lowest BCUT2D eigenvalue weighted by molar-refractivity contribution is -0.146. The van der Waals surface area contributed by atoms with Crippen LogP contribution in [0, 0.1) is 6.92 Å². The van der Waals surface area contributed by atoms with Crippen LogP contribution in [0.1, 0.15) is 18.4 Å². The summed E-state index contributed by atoms with van der Waals surface area (Å²) < 4.78 is 9.95. The Hall–Kier alpha value is -2.08. The van der Waals surface area contributed by atoms with Crippen LogP contribution in [-0.4, -0.2) is 43.3 Å². The van der Waals surface area contributed by atoms with Crippen molar-refractivity contribution in [2.24, 2.45) is 0 Å². The van der Waals surface area contributed by atoms with Crippen LogP contribution in [0.2, 0.25) is 0 Å². The summed E-state index contributed by atoms with van der Waals surface area (Å²) in [5, 5.41) is 11.4. The first-order valence-corrected chi connectivity index (χ1v) is 6.74. The lowest BCUT2D eigenvalue weighted by atomic mass is 10.2. The van der Waals surface area contributed by atoms with Crippen molar-refractivity contribution in [2.45, 2.75) is 25.8 Å². The molecule has 0 saturated heterocycles. The number of ether oxygens (including phenoxy) is 2. The van der Waals surface area contributed by atoms with E-state index in [2.05, 4.69) is 10.1 Å². The number of nitrogens with one attached hydrogen (secondary N) is 1. The number of aliphatic hydroxyl groups excluding tert-OH is 1. The maximum atomic E-state index is 11.6. The Morgan fingerprint density at radius 2 is 1.95 bits per heavy atom. The molecule has 0 aliphatic rings. The fourth-order valence-corrected chi connectivity index (χ4v) is 1.65. The molecule has 0 aliphatic carbocycles. The molecule has 21 heavy (non-hydrogen) atoms. The number of carbonyl (C=O) groups excluding carboxylic acids is 2. The minimum absolute atomic E-state index is 0.208. The predicted octanol–water partition coefficient (Wildman–Crippen LogP) is 0.804. The van der Waals surface area contributed by atoms with Crippen LogP contribution in [0.3, 0.4) is 0 Å². The summed E-state index contributed by atoms with van der Waals surface area (Å²) >= 11 is 0. The van der Waals surface area contributed by atoms with Gasteiger partial charge in [-0.15, -0.1) is 0 Å². The molecule has 1 unspecified atom stereocenters. The van der Waals surface area contributed by atoms with Crippen molar-refractivity contribution < 1.29 is 24.2 Å². The van der Waals surface area contributed by atoms with Crippen molar-refractivity contribution in [1.29, 1.82) is 0 Å². The summed E-state index contributed by atoms with van der Waals surface area (Å²) in [4.78, 5) is 22.8. The van der Waals surface area contributed by atoms with E-state index in [0.29, 0.717) is 13.0 Å². The molecule has 1 amide bonds. The first-order chi connectivity index (χ1) is 10.1. The van der Waals surface area contributed by atoms with Gasteiger partial charge in [-0.05, 0) is 25.5 Å². The second-order valence-electron chi connectivity index (χ2n) is 4.59. The minimum atomic E-state index is -1.01. The molecule has 0 saturated carbocycles. The topological polar surface area (TPSA) is 84.9 Å². The normalized spacial score (nSPS) is 11.6. The number of aliphatic hydroxyl groups is 1. The smallest absolute Gasteiger partial charge is 0.330 e. The van der Waals surface area contributed by atoms with Crippen molar-refractivity contribution in [3.05, 3.63) is 29.8 Å². The number of hydrogen-bond donors (Lipinski definition) is 2. The highest BCUT2D eigenvalue weighted by Crippen LogP contribution is 2.11. The highest BCUT2D eigenvalue weighted by atomic mass is 16.5. The second kappa shape index (κ2) is 8.97. The van der Waals surface area contributed by atoms with Gasteiger partial charge in [0, 0.05) is 6.42 Å². The summed E-state index contributed by atoms with van der Waals surface area (Å²) in [5.41, 5.74) is 1.15. The van der Waals surface area contributed by atoms with Gasteiger partial charge in [0.15, 0.2) is 6.04 Å². The summed E-state index contributed by atoms with van der Waals surface area (Å²) in [5.74, 6) is -0.238. The van der Waals surface area contributed by atoms with Crippen molar-refractivity contribution in [2.75, 3.05) is 20.3 Å². The van der Waals surface area contributed by atoms with Crippen LogP contribution >= 0.6 is 0 Å². The van der Waals surface area contributed by atoms with Crippen LogP contribution in [0.25, 0.3) is 0 Å². The summed E-state index contributed by atoms with van der Waals surface area (Å²) in [7, 11) is 1.20. The number of carbonyl (C=O) groups is 2. The average molecular weight is 295 g/mol. The molecule has 1 aromatic carbocycles. The van der Waals surface area contributed by atoms with Gasteiger partial charge in [0.25, 0.3) is 0 Å². The van der Waals surface area contributed by atoms with Crippen LogP contribution in [-0.2, 0) is 14.3 Å². The van der Waals surface area contributed by atoms with E-state index >= 15 is 0 Å². The first-order valence-electron chi connectivity index (χ1n) is 6.74. The Balaban J connectivity index is 2.24. The molecule has 2 N–H and O–H groups in total. The number of esters is 1. The average Bonchev–Trinajstić information content (AvgIpc) is 2.50. The zero-order chi connectivity index (χ0) is 15.7. The fraction of sp³-hybridized carbons (Fsp3) is 0.467. The van der Waals surface area contributed by atoms with Gasteiger partial charge in [-0.1, -0.05) is 17.7 Å². The summed E-state index contributed by atoms with van der Waals surface area (Å²) in [6, 6.07) is 6.62. The number of benzene rings is 1. The Bertz CT molecular complexity index is 458. The number of hydrogen-bond acceptors (Lipinski definition) is 5. The maximum Gasteiger partial charge on any atom is 0.330 e. The van der Waals surface area contributed by atoms with Crippen LogP contribution in [0.4, 0.5) is 0 Å². The van der Waals surface area contributed by atoms with E-state index in [-0.39, 0.29) is 12.3 Å². The van der Waals surface area contributed by atoms with Gasteiger partial charge in [-0.2, -0.15) is 0 Å². The lowest BCUT2D eigenvalue weighted by Crippen LogP contribution is -2.44. The fourth-order valence-electron chi connectivity index (χ4n) is 1.65. The Morgan fingerprint density at radius 3 is 2.52 bits per heavy atom. The van der Waals surface area contributed by atoms with Gasteiger partial charge >= 0.3 is 5.97 Å². The van der Waals surface area contributed by atoms with Gasteiger partial charge in [-0.3, -0.25) is 4.79 Å². The van der Waals surface area contributed by atoms with Crippen LogP contribution < -0.4 is 10.1 Å². The third-order valence-corrected chi connectivity index (χ3v) is 2.84. The maximum absolute atomic E-state index is 11.6. The molecule has 1 atom stereocenters. The Labute approximate surface area is 124 Å². The molecule has 1 rings (SSSR count). The van der Waals surface area contributed by atoms with E-state index in [1.54, 1.807) is 0 Å². The zero-order valence-electron chi connectivity index (χ0n) is 12.3. The van der Waals surface area contributed by atoms with Gasteiger partial charge in [0.05, 0.1) is 20.3 Å². The van der Waals surface area contributed by atoms with E-state index in [4.69, 9.17) is 9.84 Å². The highest BCUT2D eigenvalue weighted by molar-refractivity contribution is 5.84. The number of amides is 1. The van der Waals surface area contributed by atoms with E-state index < -0.39 is 18.6 Å². The van der Waals surface area contributed by atoms with Crippen molar-refractivity contribution in [3.63, 3.8) is 0 Å². The molecule has 0 aliphatic heterocycles. The van der Waals surface area contributed by atoms with Crippen LogP contribution in [0.5, 0.6) is 5.75 Å². The SMILES string of the molecule is COC(=O)C(CO)NC(=O)CCCOc1ccc(C)cc1. The van der Waals surface area contributed by atoms with Crippen molar-refractivity contribution in [3.8, 4) is 5.75 Å². The van der Waals surface area contributed by atoms with Crippen molar-refractivity contribution >= 4 is 11.9 Å². The quantitative estimate of drug-likeness (QED) is 0.547. The Kier molecular flexibility index (Phi) is 7.25. The molecule has 6 nitrogen and oxygen atoms in total. The van der Waals surface area contributed by atoms with Crippen molar-refractivity contribution in [1.82, 2.24) is 5.32 Å². The van der Waals surface area contributed by atoms with Gasteiger partial charge in [-0.25, -0.2) is 4.79 Å². The number of aryl methyl sites for hydroxylation is 1. The predicted molar refractivity (Wildman–Crippen MR) is 76.9 cm³/mol. The molecule has 6 heteroatoms. The second-order valence-corrected chi connectivity index (χ2v) is 4.59. The molecular weight excluding hydrogens is 274 g/mol. The van der Waals surface area contributed by atoms with Gasteiger partial charge < -0.3 is 19.9 Å². The van der Waals surface area contributed by atoms with E-state index in [1.165, 1.54) is 7.11 Å². The molecule has 0 aromatic heterocycles. The van der Waals surface area contributed by atoms with Gasteiger partial charge in [0.1, 0.15) is 5.75 Å². The third kappa shape index (κ3) is 6.27. The third-order valence-electron chi connectivity index (χ3n) is 2.84. The van der Waals surface area contributed by atoms with Gasteiger partial charge in [0.2, 0.25) is 5.91 Å². The molecular formula is C15H21NO5. The van der Waals surface area contributed by atoms with E-state index in [1.807, 2.05) is 31.2 Å². The van der Waals surface area contributed by atoms with E-state index in [9.17, 15) is 9.59 Å². The monoisotopic (exact) mass is 295 g/mol. The standard InChI is InChI=1S/C15H21NO5/c1-11-5-7-12(8-6-11)21-9-3-4-14(18)16-13(10-17)15(19)20-2/h5-8,13,17H,3-4,9-10H2,1-2H3,(H,16,18). The summed E-state index contributed by atoms with van der Waals surface area (Å²) in [6.07, 6.45) is 0.721. The first kappa shape index (κ1) is 17.0. The Morgan fingerprint density at radius 1 is 1.29 bits per heavy atom. The zero-order valence-corrected chi connectivity index (χ0v) is 12.3. The largest absolute Gasteiger partial charge is 0.494 e. The lowest BCUT2D eigenvalue weighted by Gasteiger charge is -2.13. The number of methoxy groups -OCH3 is 1. The van der Waals surface area contributed by atoms with E-state index in [0.717, 1.165) is 11.3 Å². The molecule has 0 radical (unpaired) electrons. The molecule has 1 aromatic rings. The minimum Gasteiger partial charge on any atom is -0.494 e. The summed E-state index contributed by atoms with van der Waals surface area (Å²) in [6.45, 7) is 1.91. The molecule has 0 heterocycles. The molecule has 0 fully saturated rings. The molecule has 0 bridgehead atoms. The molecule has 116 valence electrons.